The summed E-state index contributed by atoms with van der Waals surface area (Å²) in [5, 5.41) is 13.6. The smallest absolute Gasteiger partial charge is 0.407 e. The van der Waals surface area contributed by atoms with Crippen molar-refractivity contribution in [1.82, 2.24) is 5.32 Å². The van der Waals surface area contributed by atoms with E-state index < -0.39 is 18.3 Å². The summed E-state index contributed by atoms with van der Waals surface area (Å²) in [6.45, 7) is 5.80. The fourth-order valence-electron chi connectivity index (χ4n) is 2.23. The Morgan fingerprint density at radius 3 is 2.64 bits per heavy atom. The van der Waals surface area contributed by atoms with Gasteiger partial charge in [-0.2, -0.15) is 0 Å². The Bertz CT molecular complexity index is 467. The summed E-state index contributed by atoms with van der Waals surface area (Å²) in [4.78, 5) is 11.9. The third-order valence-corrected chi connectivity index (χ3v) is 4.03. The van der Waals surface area contributed by atoms with E-state index >= 15 is 0 Å². The Balaban J connectivity index is 2.54. The summed E-state index contributed by atoms with van der Waals surface area (Å²) < 4.78 is 5.28. The second kappa shape index (κ2) is 9.70. The minimum Gasteiger partial charge on any atom is -0.443 e. The van der Waals surface area contributed by atoms with Crippen molar-refractivity contribution in [1.29, 1.82) is 0 Å². The Hall–Kier alpha value is -1.26. The standard InChI is InChI=1S/C17H26ClNO3/c1-4-6-9-13(5-2)19-17(21)22-12(3)16(20)14-10-7-8-11-15(14)18/h7-8,10-13,16,20H,4-6,9H2,1-3H3,(H,19,21)/t12-,13?,16?/m1/s1. The first-order valence-corrected chi connectivity index (χ1v) is 8.27. The van der Waals surface area contributed by atoms with E-state index in [0.29, 0.717) is 10.6 Å². The number of amides is 1. The summed E-state index contributed by atoms with van der Waals surface area (Å²) in [7, 11) is 0. The highest BCUT2D eigenvalue weighted by Crippen LogP contribution is 2.26. The van der Waals surface area contributed by atoms with Gasteiger partial charge in [0.15, 0.2) is 0 Å². The van der Waals surface area contributed by atoms with E-state index in [0.717, 1.165) is 25.7 Å². The lowest BCUT2D eigenvalue weighted by Crippen LogP contribution is -2.37. The number of ether oxygens (including phenoxy) is 1. The van der Waals surface area contributed by atoms with Crippen LogP contribution in [0, 0.1) is 0 Å². The first-order valence-electron chi connectivity index (χ1n) is 7.89. The average molecular weight is 328 g/mol. The Kier molecular flexibility index (Phi) is 8.28. The lowest BCUT2D eigenvalue weighted by atomic mass is 10.1. The summed E-state index contributed by atoms with van der Waals surface area (Å²) in [6.07, 6.45) is 1.83. The fraction of sp³-hybridized carbons (Fsp3) is 0.588. The van der Waals surface area contributed by atoms with Crippen LogP contribution >= 0.6 is 11.6 Å². The average Bonchev–Trinajstić information content (AvgIpc) is 2.51. The van der Waals surface area contributed by atoms with E-state index in [9.17, 15) is 9.90 Å². The number of halogens is 1. The number of rotatable bonds is 8. The maximum Gasteiger partial charge on any atom is 0.407 e. The van der Waals surface area contributed by atoms with Gasteiger partial charge in [-0.3, -0.25) is 0 Å². The molecule has 0 aromatic heterocycles. The van der Waals surface area contributed by atoms with E-state index in [4.69, 9.17) is 16.3 Å². The summed E-state index contributed by atoms with van der Waals surface area (Å²) in [6, 6.07) is 7.11. The monoisotopic (exact) mass is 327 g/mol. The van der Waals surface area contributed by atoms with Gasteiger partial charge in [-0.1, -0.05) is 56.5 Å². The second-order valence-electron chi connectivity index (χ2n) is 5.47. The van der Waals surface area contributed by atoms with Crippen molar-refractivity contribution < 1.29 is 14.6 Å². The van der Waals surface area contributed by atoms with Crippen LogP contribution in [-0.2, 0) is 4.74 Å². The fourth-order valence-corrected chi connectivity index (χ4v) is 2.48. The van der Waals surface area contributed by atoms with Crippen molar-refractivity contribution >= 4 is 17.7 Å². The molecule has 0 fully saturated rings. The number of benzene rings is 1. The van der Waals surface area contributed by atoms with Gasteiger partial charge in [0, 0.05) is 16.6 Å². The molecule has 3 atom stereocenters. The predicted molar refractivity (Wildman–Crippen MR) is 89.1 cm³/mol. The zero-order valence-corrected chi connectivity index (χ0v) is 14.3. The highest BCUT2D eigenvalue weighted by atomic mass is 35.5. The molecule has 0 aliphatic rings. The molecule has 4 nitrogen and oxygen atoms in total. The lowest BCUT2D eigenvalue weighted by molar-refractivity contribution is 0.0106. The van der Waals surface area contributed by atoms with Gasteiger partial charge >= 0.3 is 6.09 Å². The van der Waals surface area contributed by atoms with E-state index in [1.165, 1.54) is 0 Å². The number of alkyl carbamates (subject to hydrolysis) is 1. The Morgan fingerprint density at radius 2 is 2.05 bits per heavy atom. The van der Waals surface area contributed by atoms with Crippen LogP contribution in [0.4, 0.5) is 4.79 Å². The molecule has 22 heavy (non-hydrogen) atoms. The molecule has 2 N–H and O–H groups in total. The highest BCUT2D eigenvalue weighted by molar-refractivity contribution is 6.31. The topological polar surface area (TPSA) is 58.6 Å². The predicted octanol–water partition coefficient (Wildman–Crippen LogP) is 4.46. The van der Waals surface area contributed by atoms with Crippen LogP contribution in [0.25, 0.3) is 0 Å². The van der Waals surface area contributed by atoms with Crippen molar-refractivity contribution in [2.45, 2.75) is 64.7 Å². The second-order valence-corrected chi connectivity index (χ2v) is 5.88. The normalized spacial score (nSPS) is 15.0. The van der Waals surface area contributed by atoms with Crippen LogP contribution in [0.5, 0.6) is 0 Å². The SMILES string of the molecule is CCCCC(CC)NC(=O)O[C@H](C)C(O)c1ccccc1Cl. The highest BCUT2D eigenvalue weighted by Gasteiger charge is 2.23. The molecule has 0 aliphatic heterocycles. The van der Waals surface area contributed by atoms with Crippen LogP contribution in [0.15, 0.2) is 24.3 Å². The molecule has 0 aliphatic carbocycles. The number of carbonyl (C=O) groups excluding carboxylic acids is 1. The quantitative estimate of drug-likeness (QED) is 0.741. The zero-order chi connectivity index (χ0) is 16.5. The van der Waals surface area contributed by atoms with Crippen LogP contribution in [-0.4, -0.2) is 23.3 Å². The molecule has 1 aromatic rings. The largest absolute Gasteiger partial charge is 0.443 e. The third-order valence-electron chi connectivity index (χ3n) is 3.68. The van der Waals surface area contributed by atoms with Gasteiger partial charge in [0.2, 0.25) is 0 Å². The molecule has 0 bridgehead atoms. The van der Waals surface area contributed by atoms with Gasteiger partial charge in [-0.05, 0) is 25.8 Å². The summed E-state index contributed by atoms with van der Waals surface area (Å²) in [5.74, 6) is 0. The molecule has 0 spiro atoms. The molecule has 2 unspecified atom stereocenters. The molecule has 1 amide bonds. The van der Waals surface area contributed by atoms with Crippen molar-refractivity contribution in [3.8, 4) is 0 Å². The van der Waals surface area contributed by atoms with Crippen LogP contribution < -0.4 is 5.32 Å². The first-order chi connectivity index (χ1) is 10.5. The van der Waals surface area contributed by atoms with E-state index in [1.807, 2.05) is 6.92 Å². The van der Waals surface area contributed by atoms with Crippen molar-refractivity contribution in [3.05, 3.63) is 34.9 Å². The molecule has 1 rings (SSSR count). The number of nitrogens with one attached hydrogen (secondary N) is 1. The molecule has 0 saturated heterocycles. The van der Waals surface area contributed by atoms with Gasteiger partial charge < -0.3 is 15.2 Å². The van der Waals surface area contributed by atoms with E-state index in [1.54, 1.807) is 31.2 Å². The minimum atomic E-state index is -0.949. The third kappa shape index (κ3) is 5.85. The van der Waals surface area contributed by atoms with Crippen molar-refractivity contribution in [2.75, 3.05) is 0 Å². The summed E-state index contributed by atoms with van der Waals surface area (Å²) >= 11 is 6.05. The van der Waals surface area contributed by atoms with Gasteiger partial charge in [0.25, 0.3) is 0 Å². The number of unbranched alkanes of at least 4 members (excludes halogenated alkanes) is 1. The Morgan fingerprint density at radius 1 is 1.36 bits per heavy atom. The molecule has 124 valence electrons. The number of aliphatic hydroxyl groups excluding tert-OH is 1. The van der Waals surface area contributed by atoms with Crippen LogP contribution in [0.3, 0.4) is 0 Å². The number of aliphatic hydroxyl groups is 1. The molecular formula is C17H26ClNO3. The molecule has 0 heterocycles. The number of carbonyl (C=O) groups is 1. The van der Waals surface area contributed by atoms with E-state index in [2.05, 4.69) is 12.2 Å². The van der Waals surface area contributed by atoms with Crippen LogP contribution in [0.1, 0.15) is 58.1 Å². The maximum atomic E-state index is 11.9. The molecule has 0 radical (unpaired) electrons. The summed E-state index contributed by atoms with van der Waals surface area (Å²) in [5.41, 5.74) is 0.558. The van der Waals surface area contributed by atoms with Gasteiger partial charge in [0.05, 0.1) is 0 Å². The number of hydrogen-bond acceptors (Lipinski definition) is 3. The van der Waals surface area contributed by atoms with Crippen molar-refractivity contribution in [3.63, 3.8) is 0 Å². The van der Waals surface area contributed by atoms with Crippen LogP contribution in [0.2, 0.25) is 5.02 Å². The molecule has 0 saturated carbocycles. The minimum absolute atomic E-state index is 0.108. The maximum absolute atomic E-state index is 11.9. The van der Waals surface area contributed by atoms with Crippen molar-refractivity contribution in [2.24, 2.45) is 0 Å². The van der Waals surface area contributed by atoms with E-state index in [-0.39, 0.29) is 6.04 Å². The van der Waals surface area contributed by atoms with Gasteiger partial charge in [-0.15, -0.1) is 0 Å². The number of hydrogen-bond donors (Lipinski definition) is 2. The molecular weight excluding hydrogens is 302 g/mol. The van der Waals surface area contributed by atoms with Gasteiger partial charge in [0.1, 0.15) is 12.2 Å². The Labute approximate surface area is 137 Å². The molecule has 5 heteroatoms. The first kappa shape index (κ1) is 18.8. The van der Waals surface area contributed by atoms with Gasteiger partial charge in [-0.25, -0.2) is 4.79 Å². The lowest BCUT2D eigenvalue weighted by Gasteiger charge is -2.23. The molecule has 1 aromatic carbocycles. The zero-order valence-electron chi connectivity index (χ0n) is 13.5.